The lowest BCUT2D eigenvalue weighted by Gasteiger charge is -2.25. The van der Waals surface area contributed by atoms with Crippen LogP contribution in [0.2, 0.25) is 10.0 Å². The van der Waals surface area contributed by atoms with E-state index in [4.69, 9.17) is 28.3 Å². The predicted molar refractivity (Wildman–Crippen MR) is 80.6 cm³/mol. The molecule has 0 unspecified atom stereocenters. The van der Waals surface area contributed by atoms with E-state index in [2.05, 4.69) is 5.32 Å². The summed E-state index contributed by atoms with van der Waals surface area (Å²) in [7, 11) is 1.72. The summed E-state index contributed by atoms with van der Waals surface area (Å²) >= 11 is 12.3. The van der Waals surface area contributed by atoms with Crippen molar-refractivity contribution in [3.8, 4) is 0 Å². The largest absolute Gasteiger partial charge is 0.465 e. The Labute approximate surface area is 129 Å². The van der Waals surface area contributed by atoms with Crippen molar-refractivity contribution in [2.24, 2.45) is 0 Å². The number of carbonyl (C=O) groups excluding carboxylic acids is 1. The van der Waals surface area contributed by atoms with Crippen LogP contribution in [0.5, 0.6) is 0 Å². The Morgan fingerprint density at radius 3 is 2.71 bits per heavy atom. The lowest BCUT2D eigenvalue weighted by atomic mass is 10.2. The molecule has 2 aromatic rings. The summed E-state index contributed by atoms with van der Waals surface area (Å²) < 4.78 is 1.78. The zero-order valence-electron chi connectivity index (χ0n) is 11.0. The lowest BCUT2D eigenvalue weighted by Crippen LogP contribution is -2.36. The first kappa shape index (κ1) is 14.0. The molecule has 0 bridgehead atoms. The summed E-state index contributed by atoms with van der Waals surface area (Å²) in [6.45, 7) is 1.13. The van der Waals surface area contributed by atoms with Crippen molar-refractivity contribution in [1.82, 2.24) is 9.47 Å². The number of benzene rings is 1. The van der Waals surface area contributed by atoms with Crippen LogP contribution in [0.3, 0.4) is 0 Å². The van der Waals surface area contributed by atoms with E-state index in [1.165, 1.54) is 6.07 Å². The van der Waals surface area contributed by atoms with E-state index < -0.39 is 6.09 Å². The van der Waals surface area contributed by atoms with Gasteiger partial charge in [0.05, 0.1) is 21.2 Å². The second-order valence-corrected chi connectivity index (χ2v) is 5.61. The van der Waals surface area contributed by atoms with Crippen molar-refractivity contribution in [1.29, 1.82) is 0 Å². The molecule has 1 aliphatic rings. The summed E-state index contributed by atoms with van der Waals surface area (Å²) in [5.74, 6) is -0.133. The molecule has 1 aromatic heterocycles. The second kappa shape index (κ2) is 4.82. The average molecular weight is 328 g/mol. The third kappa shape index (κ3) is 2.11. The molecule has 0 saturated carbocycles. The van der Waals surface area contributed by atoms with Gasteiger partial charge in [-0.1, -0.05) is 23.2 Å². The first-order valence-corrected chi connectivity index (χ1v) is 6.92. The Balaban J connectivity index is 2.33. The topological polar surface area (TPSA) is 74.6 Å². The number of hydrogen-bond acceptors (Lipinski definition) is 2. The predicted octanol–water partition coefficient (Wildman–Crippen LogP) is 3.12. The maximum atomic E-state index is 12.2. The summed E-state index contributed by atoms with van der Waals surface area (Å²) in [6, 6.07) is 3.08. The minimum atomic E-state index is -1.21. The molecule has 2 amide bonds. The molecule has 2 N–H and O–H groups in total. The van der Waals surface area contributed by atoms with Crippen molar-refractivity contribution in [2.45, 2.75) is 6.54 Å². The highest BCUT2D eigenvalue weighted by atomic mass is 35.5. The van der Waals surface area contributed by atoms with Gasteiger partial charge < -0.3 is 14.6 Å². The van der Waals surface area contributed by atoms with Crippen LogP contribution in [0.4, 0.5) is 10.5 Å². The Morgan fingerprint density at radius 1 is 1.33 bits per heavy atom. The van der Waals surface area contributed by atoms with Crippen molar-refractivity contribution in [3.05, 3.63) is 27.9 Å². The Morgan fingerprint density at radius 2 is 2.05 bits per heavy atom. The number of amides is 2. The number of carboxylic acid groups (broad SMARTS) is 1. The highest BCUT2D eigenvalue weighted by Gasteiger charge is 2.27. The molecule has 8 heteroatoms. The molecule has 0 spiro atoms. The van der Waals surface area contributed by atoms with Gasteiger partial charge in [0.1, 0.15) is 5.69 Å². The zero-order valence-corrected chi connectivity index (χ0v) is 12.5. The molecule has 1 aromatic carbocycles. The number of hydrogen-bond donors (Lipinski definition) is 2. The van der Waals surface area contributed by atoms with Gasteiger partial charge in [-0.25, -0.2) is 4.79 Å². The van der Waals surface area contributed by atoms with Gasteiger partial charge >= 0.3 is 6.09 Å². The number of halogens is 2. The quantitative estimate of drug-likeness (QED) is 0.845. The molecule has 0 aliphatic carbocycles. The number of anilines is 1. The molecule has 110 valence electrons. The van der Waals surface area contributed by atoms with Gasteiger partial charge in [0, 0.05) is 25.5 Å². The van der Waals surface area contributed by atoms with Crippen molar-refractivity contribution >= 4 is 51.8 Å². The zero-order chi connectivity index (χ0) is 15.3. The summed E-state index contributed by atoms with van der Waals surface area (Å²) in [5, 5.41) is 12.3. The molecule has 0 radical (unpaired) electrons. The number of rotatable bonds is 1. The number of nitrogens with one attached hydrogen (secondary N) is 1. The number of carbonyl (C=O) groups is 2. The van der Waals surface area contributed by atoms with E-state index in [9.17, 15) is 9.59 Å². The van der Waals surface area contributed by atoms with E-state index in [-0.39, 0.29) is 10.9 Å². The molecule has 2 heterocycles. The van der Waals surface area contributed by atoms with Gasteiger partial charge in [-0.2, -0.15) is 0 Å². The van der Waals surface area contributed by atoms with Crippen LogP contribution in [0.25, 0.3) is 10.9 Å². The van der Waals surface area contributed by atoms with Crippen LogP contribution in [0, 0.1) is 0 Å². The van der Waals surface area contributed by atoms with Gasteiger partial charge in [0.15, 0.2) is 0 Å². The molecule has 3 rings (SSSR count). The van der Waals surface area contributed by atoms with E-state index in [1.54, 1.807) is 22.6 Å². The van der Waals surface area contributed by atoms with Crippen molar-refractivity contribution in [3.63, 3.8) is 0 Å². The summed E-state index contributed by atoms with van der Waals surface area (Å²) in [6.07, 6.45) is -1.21. The van der Waals surface area contributed by atoms with Gasteiger partial charge in [-0.3, -0.25) is 10.1 Å². The summed E-state index contributed by atoms with van der Waals surface area (Å²) in [5.41, 5.74) is 1.35. The number of nitrogens with zero attached hydrogens (tertiary/aromatic N) is 2. The van der Waals surface area contributed by atoms with Gasteiger partial charge in [0.2, 0.25) is 0 Å². The highest BCUT2D eigenvalue weighted by Crippen LogP contribution is 2.39. The molecule has 1 aliphatic heterocycles. The minimum absolute atomic E-state index is 0.133. The minimum Gasteiger partial charge on any atom is -0.465 e. The van der Waals surface area contributed by atoms with E-state index in [1.807, 2.05) is 0 Å². The molecule has 0 atom stereocenters. The second-order valence-electron chi connectivity index (χ2n) is 4.82. The SMILES string of the molecule is CN1CCn2c(cc3c(NC(=O)O)cc(Cl)c(Cl)c32)C1=O. The maximum absolute atomic E-state index is 12.2. The lowest BCUT2D eigenvalue weighted by molar-refractivity contribution is 0.0751. The van der Waals surface area contributed by atoms with E-state index >= 15 is 0 Å². The van der Waals surface area contributed by atoms with Crippen LogP contribution >= 0.6 is 23.2 Å². The van der Waals surface area contributed by atoms with Crippen LogP contribution in [0.15, 0.2) is 12.1 Å². The van der Waals surface area contributed by atoms with Crippen LogP contribution in [0.1, 0.15) is 10.5 Å². The molecular weight excluding hydrogens is 317 g/mol. The Kier molecular flexibility index (Phi) is 3.22. The normalized spacial score (nSPS) is 14.4. The third-order valence-electron chi connectivity index (χ3n) is 3.54. The number of likely N-dealkylation sites (N-methyl/N-ethyl adjacent to an activating group) is 1. The van der Waals surface area contributed by atoms with Crippen LogP contribution in [-0.4, -0.2) is 40.2 Å². The van der Waals surface area contributed by atoms with Gasteiger partial charge in [0.25, 0.3) is 5.91 Å². The first-order valence-electron chi connectivity index (χ1n) is 6.17. The van der Waals surface area contributed by atoms with Crippen molar-refractivity contribution in [2.75, 3.05) is 18.9 Å². The van der Waals surface area contributed by atoms with Gasteiger partial charge in [-0.15, -0.1) is 0 Å². The Hall–Kier alpha value is -1.92. The third-order valence-corrected chi connectivity index (χ3v) is 4.32. The molecular formula is C13H11Cl2N3O3. The number of fused-ring (bicyclic) bond motifs is 3. The van der Waals surface area contributed by atoms with E-state index in [0.29, 0.717) is 40.4 Å². The number of aromatic nitrogens is 1. The monoisotopic (exact) mass is 327 g/mol. The van der Waals surface area contributed by atoms with Crippen LogP contribution in [-0.2, 0) is 6.54 Å². The fourth-order valence-electron chi connectivity index (χ4n) is 2.55. The molecule has 6 nitrogen and oxygen atoms in total. The standard InChI is InChI=1S/C13H11Cl2N3O3/c1-17-2-3-18-9(12(17)19)4-6-8(16-13(20)21)5-7(14)10(15)11(6)18/h4-5,16H,2-3H2,1H3,(H,20,21). The van der Waals surface area contributed by atoms with Crippen LogP contribution < -0.4 is 5.32 Å². The Bertz CT molecular complexity index is 785. The average Bonchev–Trinajstić information content (AvgIpc) is 2.80. The summed E-state index contributed by atoms with van der Waals surface area (Å²) in [4.78, 5) is 24.7. The molecule has 0 fully saturated rings. The van der Waals surface area contributed by atoms with Crippen molar-refractivity contribution < 1.29 is 14.7 Å². The fraction of sp³-hybridized carbons (Fsp3) is 0.231. The first-order chi connectivity index (χ1) is 9.90. The smallest absolute Gasteiger partial charge is 0.409 e. The van der Waals surface area contributed by atoms with E-state index in [0.717, 1.165) is 0 Å². The highest BCUT2D eigenvalue weighted by molar-refractivity contribution is 6.45. The van der Waals surface area contributed by atoms with Gasteiger partial charge in [-0.05, 0) is 12.1 Å². The maximum Gasteiger partial charge on any atom is 0.409 e. The fourth-order valence-corrected chi connectivity index (χ4v) is 3.00. The molecule has 0 saturated heterocycles. The molecule has 21 heavy (non-hydrogen) atoms.